The van der Waals surface area contributed by atoms with Gasteiger partial charge < -0.3 is 9.47 Å². The van der Waals surface area contributed by atoms with E-state index in [1.165, 1.54) is 11.1 Å². The van der Waals surface area contributed by atoms with Crippen LogP contribution in [0, 0.1) is 0 Å². The van der Waals surface area contributed by atoms with Crippen LogP contribution in [-0.4, -0.2) is 19.8 Å². The summed E-state index contributed by atoms with van der Waals surface area (Å²) in [6, 6.07) is 26.6. The second kappa shape index (κ2) is 10.7. The molecule has 1 radical (unpaired) electrons. The van der Waals surface area contributed by atoms with Crippen LogP contribution in [0.5, 0.6) is 11.5 Å². The van der Waals surface area contributed by atoms with Gasteiger partial charge in [-0.2, -0.15) is 0 Å². The molecule has 3 rings (SSSR count). The standard InChI is InChI=1S/C26H29O3/c1-3-28-24-14-10-21(11-15-24)26(22-12-16-25(17-13-22)29-4-2)18-23(19-27)20-8-6-5-7-9-20/h5-17,23,26H,3-4,18-19H2,1-2H3. The summed E-state index contributed by atoms with van der Waals surface area (Å²) < 4.78 is 11.2. The fourth-order valence-corrected chi connectivity index (χ4v) is 3.70. The van der Waals surface area contributed by atoms with Crippen LogP contribution in [0.15, 0.2) is 78.9 Å². The lowest BCUT2D eigenvalue weighted by Crippen LogP contribution is -2.11. The van der Waals surface area contributed by atoms with E-state index in [0.717, 1.165) is 23.5 Å². The quantitative estimate of drug-likeness (QED) is 0.413. The molecule has 1 atom stereocenters. The van der Waals surface area contributed by atoms with E-state index in [4.69, 9.17) is 9.47 Å². The van der Waals surface area contributed by atoms with Gasteiger partial charge in [0.15, 0.2) is 0 Å². The first-order valence-corrected chi connectivity index (χ1v) is 10.3. The van der Waals surface area contributed by atoms with E-state index >= 15 is 0 Å². The van der Waals surface area contributed by atoms with Crippen molar-refractivity contribution in [2.45, 2.75) is 32.1 Å². The van der Waals surface area contributed by atoms with Crippen LogP contribution >= 0.6 is 0 Å². The Bertz CT molecular complexity index is 792. The molecule has 0 saturated heterocycles. The van der Waals surface area contributed by atoms with Gasteiger partial charge in [-0.05, 0) is 61.2 Å². The molecule has 0 saturated carbocycles. The summed E-state index contributed by atoms with van der Waals surface area (Å²) in [6.07, 6.45) is 0.759. The minimum Gasteiger partial charge on any atom is -0.494 e. The average molecular weight is 390 g/mol. The van der Waals surface area contributed by atoms with Crippen molar-refractivity contribution in [2.24, 2.45) is 0 Å². The Labute approximate surface area is 173 Å². The average Bonchev–Trinajstić information content (AvgIpc) is 2.77. The molecule has 0 aliphatic rings. The molecule has 0 aliphatic carbocycles. The van der Waals surface area contributed by atoms with Crippen molar-refractivity contribution in [3.8, 4) is 11.5 Å². The van der Waals surface area contributed by atoms with Gasteiger partial charge in [-0.25, -0.2) is 5.11 Å². The van der Waals surface area contributed by atoms with Gasteiger partial charge in [-0.1, -0.05) is 54.6 Å². The van der Waals surface area contributed by atoms with E-state index in [1.54, 1.807) is 0 Å². The zero-order valence-corrected chi connectivity index (χ0v) is 17.2. The van der Waals surface area contributed by atoms with E-state index < -0.39 is 0 Å². The van der Waals surface area contributed by atoms with Crippen LogP contribution in [0.2, 0.25) is 0 Å². The predicted octanol–water partition coefficient (Wildman–Crippen LogP) is 6.22. The number of hydrogen-bond donors (Lipinski definition) is 0. The Morgan fingerprint density at radius 1 is 0.655 bits per heavy atom. The van der Waals surface area contributed by atoms with E-state index in [-0.39, 0.29) is 18.4 Å². The van der Waals surface area contributed by atoms with Gasteiger partial charge in [0.25, 0.3) is 0 Å². The summed E-state index contributed by atoms with van der Waals surface area (Å²) >= 11 is 0. The first-order valence-electron chi connectivity index (χ1n) is 10.3. The largest absolute Gasteiger partial charge is 0.494 e. The lowest BCUT2D eigenvalue weighted by Gasteiger charge is -2.24. The van der Waals surface area contributed by atoms with Crippen LogP contribution in [0.25, 0.3) is 0 Å². The molecule has 0 aromatic heterocycles. The third-order valence-electron chi connectivity index (χ3n) is 5.18. The minimum absolute atomic E-state index is 0.0423. The first kappa shape index (κ1) is 20.9. The molecule has 0 fully saturated rings. The number of hydrogen-bond acceptors (Lipinski definition) is 2. The summed E-state index contributed by atoms with van der Waals surface area (Å²) in [5, 5.41) is 12.1. The number of benzene rings is 3. The van der Waals surface area contributed by atoms with Gasteiger partial charge in [-0.15, -0.1) is 0 Å². The Hall–Kier alpha value is -2.78. The van der Waals surface area contributed by atoms with Crippen molar-refractivity contribution in [3.05, 3.63) is 95.6 Å². The van der Waals surface area contributed by atoms with Gasteiger partial charge >= 0.3 is 0 Å². The van der Waals surface area contributed by atoms with Crippen LogP contribution in [0.1, 0.15) is 48.8 Å². The van der Waals surface area contributed by atoms with Crippen LogP contribution in [0.4, 0.5) is 0 Å². The molecule has 0 heterocycles. The lowest BCUT2D eigenvalue weighted by atomic mass is 9.81. The molecule has 3 aromatic carbocycles. The third-order valence-corrected chi connectivity index (χ3v) is 5.18. The van der Waals surface area contributed by atoms with Crippen molar-refractivity contribution < 1.29 is 14.6 Å². The number of rotatable bonds is 10. The molecular weight excluding hydrogens is 360 g/mol. The molecule has 0 bridgehead atoms. The number of ether oxygens (including phenoxy) is 2. The van der Waals surface area contributed by atoms with E-state index in [0.29, 0.717) is 13.2 Å². The Balaban J connectivity index is 1.91. The van der Waals surface area contributed by atoms with Crippen molar-refractivity contribution in [2.75, 3.05) is 19.8 Å². The highest BCUT2D eigenvalue weighted by molar-refractivity contribution is 5.39. The first-order chi connectivity index (χ1) is 14.2. The smallest absolute Gasteiger partial charge is 0.119 e. The van der Waals surface area contributed by atoms with Gasteiger partial charge in [0.2, 0.25) is 0 Å². The lowest BCUT2D eigenvalue weighted by molar-refractivity contribution is 0.166. The van der Waals surface area contributed by atoms with Gasteiger partial charge in [0, 0.05) is 11.8 Å². The predicted molar refractivity (Wildman–Crippen MR) is 116 cm³/mol. The van der Waals surface area contributed by atoms with E-state index in [9.17, 15) is 5.11 Å². The molecule has 3 aromatic rings. The highest BCUT2D eigenvalue weighted by Gasteiger charge is 2.21. The van der Waals surface area contributed by atoms with Gasteiger partial charge in [0.1, 0.15) is 11.5 Å². The van der Waals surface area contributed by atoms with Crippen molar-refractivity contribution in [1.29, 1.82) is 0 Å². The highest BCUT2D eigenvalue weighted by Crippen LogP contribution is 2.36. The monoisotopic (exact) mass is 389 g/mol. The van der Waals surface area contributed by atoms with Crippen molar-refractivity contribution in [3.63, 3.8) is 0 Å². The second-order valence-corrected chi connectivity index (χ2v) is 7.07. The maximum absolute atomic E-state index is 12.1. The zero-order valence-electron chi connectivity index (χ0n) is 17.2. The topological polar surface area (TPSA) is 38.4 Å². The molecule has 0 aliphatic heterocycles. The van der Waals surface area contributed by atoms with Crippen molar-refractivity contribution in [1.82, 2.24) is 0 Å². The maximum atomic E-state index is 12.1. The van der Waals surface area contributed by atoms with Crippen molar-refractivity contribution >= 4 is 0 Å². The van der Waals surface area contributed by atoms with Gasteiger partial charge in [-0.3, -0.25) is 0 Å². The molecule has 3 heteroatoms. The molecule has 29 heavy (non-hydrogen) atoms. The molecule has 0 spiro atoms. The van der Waals surface area contributed by atoms with E-state index in [2.05, 4.69) is 36.4 Å². The molecular formula is C26H29O3. The minimum atomic E-state index is -0.130. The summed E-state index contributed by atoms with van der Waals surface area (Å²) in [5.74, 6) is 1.81. The molecule has 151 valence electrons. The van der Waals surface area contributed by atoms with Crippen LogP contribution in [-0.2, 0) is 5.11 Å². The fourth-order valence-electron chi connectivity index (χ4n) is 3.70. The Morgan fingerprint density at radius 3 is 1.55 bits per heavy atom. The Kier molecular flexibility index (Phi) is 7.71. The fraction of sp³-hybridized carbons (Fsp3) is 0.308. The SMILES string of the molecule is CCOc1ccc(C(CC(C[O])c2ccccc2)c2ccc(OCC)cc2)cc1. The van der Waals surface area contributed by atoms with Crippen LogP contribution < -0.4 is 9.47 Å². The summed E-state index contributed by atoms with van der Waals surface area (Å²) in [6.45, 7) is 5.13. The summed E-state index contributed by atoms with van der Waals surface area (Å²) in [7, 11) is 0. The van der Waals surface area contributed by atoms with Crippen LogP contribution in [0.3, 0.4) is 0 Å². The molecule has 0 N–H and O–H groups in total. The van der Waals surface area contributed by atoms with Gasteiger partial charge in [0.05, 0.1) is 19.8 Å². The normalized spacial score (nSPS) is 12.0. The Morgan fingerprint density at radius 2 is 1.14 bits per heavy atom. The molecule has 1 unspecified atom stereocenters. The third kappa shape index (κ3) is 5.61. The van der Waals surface area contributed by atoms with E-state index in [1.807, 2.05) is 56.3 Å². The highest BCUT2D eigenvalue weighted by atomic mass is 16.5. The maximum Gasteiger partial charge on any atom is 0.119 e. The summed E-state index contributed by atoms with van der Waals surface area (Å²) in [5.41, 5.74) is 3.48. The summed E-state index contributed by atoms with van der Waals surface area (Å²) in [4.78, 5) is 0. The molecule has 0 amide bonds. The second-order valence-electron chi connectivity index (χ2n) is 7.07. The molecule has 3 nitrogen and oxygen atoms in total. The zero-order chi connectivity index (χ0) is 20.5.